The van der Waals surface area contributed by atoms with E-state index in [-0.39, 0.29) is 0 Å². The molecule has 1 N–H and O–H groups in total. The zero-order valence-corrected chi connectivity index (χ0v) is 11.8. The van der Waals surface area contributed by atoms with E-state index in [0.29, 0.717) is 0 Å². The number of fused-ring (bicyclic) bond motifs is 2. The summed E-state index contributed by atoms with van der Waals surface area (Å²) in [5, 5.41) is 10.8. The summed E-state index contributed by atoms with van der Waals surface area (Å²) in [4.78, 5) is 7.50. The van der Waals surface area contributed by atoms with Crippen molar-refractivity contribution >= 4 is 43.1 Å². The SMILES string of the molecule is N=O.c1ccc2c(c1)cc1ccc3cccc4ccc2c1c34. The van der Waals surface area contributed by atoms with Crippen LogP contribution in [0.5, 0.6) is 0 Å². The van der Waals surface area contributed by atoms with E-state index in [1.54, 1.807) is 0 Å². The third kappa shape index (κ3) is 1.61. The van der Waals surface area contributed by atoms with Gasteiger partial charge in [-0.25, -0.2) is 0 Å². The Morgan fingerprint density at radius 1 is 0.500 bits per heavy atom. The maximum absolute atomic E-state index is 7.50. The molecule has 0 aliphatic carbocycles. The maximum Gasteiger partial charge on any atom is -0.00204 e. The first-order valence-electron chi connectivity index (χ1n) is 7.17. The van der Waals surface area contributed by atoms with Crippen LogP contribution in [0.4, 0.5) is 0 Å². The minimum Gasteiger partial charge on any atom is -0.154 e. The first-order valence-corrected chi connectivity index (χ1v) is 7.17. The van der Waals surface area contributed by atoms with E-state index in [1.807, 2.05) is 0 Å². The normalized spacial score (nSPS) is 11.1. The van der Waals surface area contributed by atoms with E-state index < -0.39 is 0 Å². The third-order valence-corrected chi connectivity index (χ3v) is 4.37. The molecule has 0 aromatic heterocycles. The standard InChI is InChI=1S/C20H12.HNO/c1-2-7-17-15(4-1)12-16-9-8-13-5-3-6-14-10-11-18(17)20(16)19(13)14;1-2/h1-12H;1H. The molecular weight excluding hydrogens is 270 g/mol. The summed E-state index contributed by atoms with van der Waals surface area (Å²) in [5.74, 6) is 0. The second-order valence-corrected chi connectivity index (χ2v) is 5.45. The molecular formula is C20H13NO. The van der Waals surface area contributed by atoms with Crippen LogP contribution in [0.15, 0.2) is 72.8 Å². The van der Waals surface area contributed by atoms with E-state index in [1.165, 1.54) is 43.1 Å². The fourth-order valence-electron chi connectivity index (χ4n) is 3.49. The van der Waals surface area contributed by atoms with Gasteiger partial charge in [-0.05, 0) is 49.2 Å². The minimum atomic E-state index is 1.32. The number of nitrogens with one attached hydrogen (secondary N) is 1. The van der Waals surface area contributed by atoms with E-state index in [4.69, 9.17) is 4.91 Å². The van der Waals surface area contributed by atoms with E-state index in [2.05, 4.69) is 78.4 Å². The average Bonchev–Trinajstić information content (AvgIpc) is 2.61. The van der Waals surface area contributed by atoms with Crippen LogP contribution in [0.2, 0.25) is 0 Å². The predicted octanol–water partition coefficient (Wildman–Crippen LogP) is 6.07. The van der Waals surface area contributed by atoms with Crippen molar-refractivity contribution in [1.82, 2.24) is 0 Å². The van der Waals surface area contributed by atoms with E-state index in [0.717, 1.165) is 0 Å². The van der Waals surface area contributed by atoms with Gasteiger partial charge >= 0.3 is 0 Å². The van der Waals surface area contributed by atoms with Gasteiger partial charge in [0, 0.05) is 0 Å². The van der Waals surface area contributed by atoms with Crippen molar-refractivity contribution in [3.05, 3.63) is 77.7 Å². The summed E-state index contributed by atoms with van der Waals surface area (Å²) in [6, 6.07) is 26.5. The molecule has 0 atom stereocenters. The Balaban J connectivity index is 0.000000602. The van der Waals surface area contributed by atoms with E-state index in [9.17, 15) is 0 Å². The van der Waals surface area contributed by atoms with Gasteiger partial charge in [0.1, 0.15) is 0 Å². The molecule has 0 fully saturated rings. The van der Waals surface area contributed by atoms with Gasteiger partial charge in [-0.1, -0.05) is 72.3 Å². The molecule has 5 rings (SSSR count). The molecule has 0 saturated heterocycles. The lowest BCUT2D eigenvalue weighted by Gasteiger charge is -2.12. The van der Waals surface area contributed by atoms with Gasteiger partial charge in [-0.15, -0.1) is 0 Å². The average molecular weight is 283 g/mol. The Hall–Kier alpha value is -3.00. The molecule has 5 aromatic carbocycles. The van der Waals surface area contributed by atoms with Crippen molar-refractivity contribution in [3.8, 4) is 0 Å². The summed E-state index contributed by atoms with van der Waals surface area (Å²) in [5.41, 5.74) is 4.50. The number of hydrogen-bond acceptors (Lipinski definition) is 2. The van der Waals surface area contributed by atoms with Crippen molar-refractivity contribution in [1.29, 1.82) is 5.59 Å². The summed E-state index contributed by atoms with van der Waals surface area (Å²) < 4.78 is 0. The van der Waals surface area contributed by atoms with Gasteiger partial charge in [0.05, 0.1) is 0 Å². The third-order valence-electron chi connectivity index (χ3n) is 4.37. The maximum atomic E-state index is 7.50. The highest BCUT2D eigenvalue weighted by molar-refractivity contribution is 6.28. The van der Waals surface area contributed by atoms with Crippen LogP contribution < -0.4 is 0 Å². The second-order valence-electron chi connectivity index (χ2n) is 5.45. The summed E-state index contributed by atoms with van der Waals surface area (Å²) in [7, 11) is 0. The van der Waals surface area contributed by atoms with Crippen molar-refractivity contribution in [2.45, 2.75) is 0 Å². The number of hydrogen-bond donors (Lipinski definition) is 1. The monoisotopic (exact) mass is 283 g/mol. The number of benzene rings is 5. The first-order chi connectivity index (χ1) is 10.9. The lowest BCUT2D eigenvalue weighted by Crippen LogP contribution is -1.85. The van der Waals surface area contributed by atoms with Crippen LogP contribution in [0, 0.1) is 10.5 Å². The largest absolute Gasteiger partial charge is 0.154 e. The fraction of sp³-hybridized carbons (Fsp3) is 0. The van der Waals surface area contributed by atoms with E-state index >= 15 is 0 Å². The zero-order chi connectivity index (χ0) is 15.1. The van der Waals surface area contributed by atoms with Gasteiger partial charge in [0.15, 0.2) is 0 Å². The summed E-state index contributed by atoms with van der Waals surface area (Å²) in [6.07, 6.45) is 0. The molecule has 0 aliphatic heterocycles. The lowest BCUT2D eigenvalue weighted by molar-refractivity contribution is 1.49. The van der Waals surface area contributed by atoms with Gasteiger partial charge in [-0.3, -0.25) is 0 Å². The van der Waals surface area contributed by atoms with Gasteiger partial charge < -0.3 is 0 Å². The van der Waals surface area contributed by atoms with Crippen molar-refractivity contribution in [3.63, 3.8) is 0 Å². The highest BCUT2D eigenvalue weighted by Gasteiger charge is 2.09. The van der Waals surface area contributed by atoms with Gasteiger partial charge in [0.25, 0.3) is 0 Å². The molecule has 0 saturated carbocycles. The Bertz CT molecular complexity index is 1100. The molecule has 104 valence electrons. The molecule has 22 heavy (non-hydrogen) atoms. The molecule has 0 amide bonds. The molecule has 0 unspecified atom stereocenters. The van der Waals surface area contributed by atoms with Crippen LogP contribution in [0.3, 0.4) is 0 Å². The van der Waals surface area contributed by atoms with Gasteiger partial charge in [0.2, 0.25) is 0 Å². The summed E-state index contributed by atoms with van der Waals surface area (Å²) in [6.45, 7) is 0. The molecule has 0 spiro atoms. The zero-order valence-electron chi connectivity index (χ0n) is 11.8. The Morgan fingerprint density at radius 3 is 1.95 bits per heavy atom. The molecule has 0 bridgehead atoms. The Kier molecular flexibility index (Phi) is 2.76. The molecule has 2 nitrogen and oxygen atoms in total. The predicted molar refractivity (Wildman–Crippen MR) is 93.7 cm³/mol. The van der Waals surface area contributed by atoms with Crippen LogP contribution in [0.1, 0.15) is 0 Å². The Labute approximate surface area is 127 Å². The Morgan fingerprint density at radius 2 is 1.14 bits per heavy atom. The lowest BCUT2D eigenvalue weighted by atomic mass is 9.91. The summed E-state index contributed by atoms with van der Waals surface area (Å²) >= 11 is 0. The number of nitroso groups, excluding NO2 is 1. The van der Waals surface area contributed by atoms with Crippen LogP contribution in [-0.4, -0.2) is 0 Å². The number of rotatable bonds is 0. The quantitative estimate of drug-likeness (QED) is 0.209. The van der Waals surface area contributed by atoms with Crippen molar-refractivity contribution in [2.24, 2.45) is 0 Å². The van der Waals surface area contributed by atoms with Crippen molar-refractivity contribution in [2.75, 3.05) is 0 Å². The van der Waals surface area contributed by atoms with Crippen LogP contribution in [-0.2, 0) is 0 Å². The van der Waals surface area contributed by atoms with Gasteiger partial charge in [-0.2, -0.15) is 4.91 Å². The molecule has 0 heterocycles. The van der Waals surface area contributed by atoms with Crippen LogP contribution in [0.25, 0.3) is 43.1 Å². The smallest absolute Gasteiger partial charge is 0.00204 e. The second kappa shape index (κ2) is 4.78. The topological polar surface area (TPSA) is 40.9 Å². The van der Waals surface area contributed by atoms with Crippen molar-refractivity contribution < 1.29 is 0 Å². The fourth-order valence-corrected chi connectivity index (χ4v) is 3.49. The highest BCUT2D eigenvalue weighted by Crippen LogP contribution is 2.38. The molecule has 0 radical (unpaired) electrons. The highest BCUT2D eigenvalue weighted by atomic mass is 16.2. The molecule has 2 heteroatoms. The minimum absolute atomic E-state index is 1.32. The molecule has 0 aliphatic rings. The van der Waals surface area contributed by atoms with Crippen LogP contribution >= 0.6 is 0 Å². The first kappa shape index (κ1) is 12.7. The molecule has 5 aromatic rings.